The van der Waals surface area contributed by atoms with Gasteiger partial charge < -0.3 is 9.84 Å². The molecule has 0 radical (unpaired) electrons. The van der Waals surface area contributed by atoms with Crippen molar-refractivity contribution >= 4 is 11.9 Å². The molecule has 0 bridgehead atoms. The van der Waals surface area contributed by atoms with Crippen LogP contribution in [0.25, 0.3) is 0 Å². The standard InChI is InChI=1S/C13H16O4/c1-3-4-8-17-13(16)11-7-5-6-10(9(11)2)12(14)15/h5-7H,3-4,8H2,1-2H3,(H,14,15). The van der Waals surface area contributed by atoms with Gasteiger partial charge in [0.1, 0.15) is 0 Å². The highest BCUT2D eigenvalue weighted by atomic mass is 16.5. The van der Waals surface area contributed by atoms with Gasteiger partial charge in [-0.3, -0.25) is 0 Å². The van der Waals surface area contributed by atoms with E-state index in [9.17, 15) is 9.59 Å². The van der Waals surface area contributed by atoms with Gasteiger partial charge in [0.2, 0.25) is 0 Å². The van der Waals surface area contributed by atoms with Crippen LogP contribution < -0.4 is 0 Å². The van der Waals surface area contributed by atoms with E-state index >= 15 is 0 Å². The number of esters is 1. The lowest BCUT2D eigenvalue weighted by atomic mass is 10.0. The third kappa shape index (κ3) is 3.31. The Kier molecular flexibility index (Phi) is 4.69. The lowest BCUT2D eigenvalue weighted by Gasteiger charge is -2.08. The summed E-state index contributed by atoms with van der Waals surface area (Å²) < 4.78 is 5.05. The highest BCUT2D eigenvalue weighted by molar-refractivity contribution is 5.97. The fraction of sp³-hybridized carbons (Fsp3) is 0.385. The average Bonchev–Trinajstić information content (AvgIpc) is 2.29. The lowest BCUT2D eigenvalue weighted by Crippen LogP contribution is -2.11. The van der Waals surface area contributed by atoms with Crippen molar-refractivity contribution in [2.24, 2.45) is 0 Å². The summed E-state index contributed by atoms with van der Waals surface area (Å²) in [4.78, 5) is 22.6. The molecule has 0 saturated carbocycles. The van der Waals surface area contributed by atoms with Crippen LogP contribution in [0.1, 0.15) is 46.0 Å². The zero-order valence-corrected chi connectivity index (χ0v) is 10.0. The van der Waals surface area contributed by atoms with Crippen LogP contribution in [-0.2, 0) is 4.74 Å². The minimum atomic E-state index is -1.04. The molecule has 4 nitrogen and oxygen atoms in total. The van der Waals surface area contributed by atoms with E-state index in [-0.39, 0.29) is 5.56 Å². The van der Waals surface area contributed by atoms with Crippen molar-refractivity contribution in [3.63, 3.8) is 0 Å². The maximum atomic E-state index is 11.7. The summed E-state index contributed by atoms with van der Waals surface area (Å²) in [5, 5.41) is 8.93. The van der Waals surface area contributed by atoms with E-state index in [0.29, 0.717) is 17.7 Å². The van der Waals surface area contributed by atoms with Crippen LogP contribution in [-0.4, -0.2) is 23.7 Å². The van der Waals surface area contributed by atoms with Crippen molar-refractivity contribution in [2.75, 3.05) is 6.61 Å². The Morgan fingerprint density at radius 2 is 1.94 bits per heavy atom. The fourth-order valence-corrected chi connectivity index (χ4v) is 1.48. The molecule has 1 N–H and O–H groups in total. The van der Waals surface area contributed by atoms with E-state index in [1.165, 1.54) is 6.07 Å². The molecule has 0 saturated heterocycles. The zero-order valence-electron chi connectivity index (χ0n) is 10.0. The van der Waals surface area contributed by atoms with Gasteiger partial charge in [0, 0.05) is 0 Å². The van der Waals surface area contributed by atoms with Gasteiger partial charge >= 0.3 is 11.9 Å². The van der Waals surface area contributed by atoms with Crippen LogP contribution in [0.3, 0.4) is 0 Å². The average molecular weight is 236 g/mol. The molecular weight excluding hydrogens is 220 g/mol. The Morgan fingerprint density at radius 1 is 1.29 bits per heavy atom. The minimum absolute atomic E-state index is 0.134. The topological polar surface area (TPSA) is 63.6 Å². The lowest BCUT2D eigenvalue weighted by molar-refractivity contribution is 0.0499. The van der Waals surface area contributed by atoms with Gasteiger partial charge in [-0.2, -0.15) is 0 Å². The molecule has 0 heterocycles. The molecule has 92 valence electrons. The molecule has 1 aromatic rings. The Bertz CT molecular complexity index is 423. The summed E-state index contributed by atoms with van der Waals surface area (Å²) in [6.07, 6.45) is 1.75. The first kappa shape index (κ1) is 13.2. The number of carboxylic acids is 1. The summed E-state index contributed by atoms with van der Waals surface area (Å²) in [5.74, 6) is -1.50. The molecule has 4 heteroatoms. The molecule has 1 aromatic carbocycles. The Labute approximate surface area is 100 Å². The molecule has 0 aliphatic carbocycles. The predicted molar refractivity (Wildman–Crippen MR) is 63.3 cm³/mol. The molecule has 0 aromatic heterocycles. The molecule has 0 unspecified atom stereocenters. The van der Waals surface area contributed by atoms with E-state index in [4.69, 9.17) is 9.84 Å². The first-order chi connectivity index (χ1) is 8.07. The van der Waals surface area contributed by atoms with Crippen molar-refractivity contribution in [1.29, 1.82) is 0 Å². The van der Waals surface area contributed by atoms with Crippen molar-refractivity contribution < 1.29 is 19.4 Å². The number of rotatable bonds is 5. The molecule has 0 amide bonds. The molecule has 0 spiro atoms. The van der Waals surface area contributed by atoms with Gasteiger partial charge in [0.25, 0.3) is 0 Å². The molecule has 0 aliphatic rings. The van der Waals surface area contributed by atoms with Gasteiger partial charge in [0.15, 0.2) is 0 Å². The first-order valence-electron chi connectivity index (χ1n) is 5.58. The van der Waals surface area contributed by atoms with Crippen LogP contribution in [0.4, 0.5) is 0 Å². The van der Waals surface area contributed by atoms with Crippen LogP contribution in [0.5, 0.6) is 0 Å². The number of unbranched alkanes of at least 4 members (excludes halogenated alkanes) is 1. The van der Waals surface area contributed by atoms with Gasteiger partial charge in [-0.05, 0) is 31.0 Å². The molecule has 0 fully saturated rings. The number of carbonyl (C=O) groups is 2. The summed E-state index contributed by atoms with van der Waals surface area (Å²) in [7, 11) is 0. The summed E-state index contributed by atoms with van der Waals surface area (Å²) in [6, 6.07) is 4.60. The maximum Gasteiger partial charge on any atom is 0.338 e. The van der Waals surface area contributed by atoms with Crippen LogP contribution in [0.15, 0.2) is 18.2 Å². The molecule has 0 atom stereocenters. The summed E-state index contributed by atoms with van der Waals surface area (Å²) >= 11 is 0. The smallest absolute Gasteiger partial charge is 0.338 e. The second kappa shape index (κ2) is 6.03. The second-order valence-electron chi connectivity index (χ2n) is 3.77. The van der Waals surface area contributed by atoms with Crippen LogP contribution in [0.2, 0.25) is 0 Å². The fourth-order valence-electron chi connectivity index (χ4n) is 1.48. The first-order valence-corrected chi connectivity index (χ1v) is 5.58. The summed E-state index contributed by atoms with van der Waals surface area (Å²) in [5.41, 5.74) is 0.900. The molecule has 0 aliphatic heterocycles. The largest absolute Gasteiger partial charge is 0.478 e. The third-order valence-electron chi connectivity index (χ3n) is 2.52. The SMILES string of the molecule is CCCCOC(=O)c1cccc(C(=O)O)c1C. The molecule has 17 heavy (non-hydrogen) atoms. The Balaban J connectivity index is 2.87. The van der Waals surface area contributed by atoms with E-state index in [1.807, 2.05) is 6.92 Å². The number of hydrogen-bond acceptors (Lipinski definition) is 3. The van der Waals surface area contributed by atoms with Gasteiger partial charge in [0.05, 0.1) is 17.7 Å². The number of carbonyl (C=O) groups excluding carboxylic acids is 1. The van der Waals surface area contributed by atoms with Crippen molar-refractivity contribution in [3.8, 4) is 0 Å². The van der Waals surface area contributed by atoms with E-state index in [0.717, 1.165) is 12.8 Å². The minimum Gasteiger partial charge on any atom is -0.478 e. The molecule has 1 rings (SSSR count). The number of aromatic carboxylic acids is 1. The Hall–Kier alpha value is -1.84. The Morgan fingerprint density at radius 3 is 2.53 bits per heavy atom. The molecular formula is C13H16O4. The van der Waals surface area contributed by atoms with Crippen molar-refractivity contribution in [2.45, 2.75) is 26.7 Å². The van der Waals surface area contributed by atoms with Crippen molar-refractivity contribution in [1.82, 2.24) is 0 Å². The van der Waals surface area contributed by atoms with Gasteiger partial charge in [-0.25, -0.2) is 9.59 Å². The highest BCUT2D eigenvalue weighted by Gasteiger charge is 2.15. The number of ether oxygens (including phenoxy) is 1. The van der Waals surface area contributed by atoms with E-state index < -0.39 is 11.9 Å². The van der Waals surface area contributed by atoms with Crippen LogP contribution in [0, 0.1) is 6.92 Å². The monoisotopic (exact) mass is 236 g/mol. The predicted octanol–water partition coefficient (Wildman–Crippen LogP) is 2.65. The zero-order chi connectivity index (χ0) is 12.8. The second-order valence-corrected chi connectivity index (χ2v) is 3.77. The summed E-state index contributed by atoms with van der Waals surface area (Å²) in [6.45, 7) is 3.98. The number of carboxylic acid groups (broad SMARTS) is 1. The normalized spacial score (nSPS) is 10.0. The number of benzene rings is 1. The van der Waals surface area contributed by atoms with E-state index in [2.05, 4.69) is 0 Å². The van der Waals surface area contributed by atoms with Gasteiger partial charge in [-0.15, -0.1) is 0 Å². The maximum absolute atomic E-state index is 11.7. The van der Waals surface area contributed by atoms with Crippen LogP contribution >= 0.6 is 0 Å². The quantitative estimate of drug-likeness (QED) is 0.630. The van der Waals surface area contributed by atoms with E-state index in [1.54, 1.807) is 19.1 Å². The third-order valence-corrected chi connectivity index (χ3v) is 2.52. The highest BCUT2D eigenvalue weighted by Crippen LogP contribution is 2.15. The van der Waals surface area contributed by atoms with Crippen molar-refractivity contribution in [3.05, 3.63) is 34.9 Å². The van der Waals surface area contributed by atoms with Gasteiger partial charge in [-0.1, -0.05) is 19.4 Å². The number of hydrogen-bond donors (Lipinski definition) is 1.